The van der Waals surface area contributed by atoms with Crippen molar-refractivity contribution in [2.24, 2.45) is 5.41 Å². The zero-order valence-corrected chi connectivity index (χ0v) is 8.43. The van der Waals surface area contributed by atoms with Crippen molar-refractivity contribution in [2.75, 3.05) is 14.1 Å². The van der Waals surface area contributed by atoms with Crippen molar-refractivity contribution in [1.82, 2.24) is 4.90 Å². The zero-order valence-electron chi connectivity index (χ0n) is 8.43. The Morgan fingerprint density at radius 3 is 2.33 bits per heavy atom. The van der Waals surface area contributed by atoms with Crippen LogP contribution in [0, 0.1) is 5.41 Å². The molecule has 0 saturated heterocycles. The van der Waals surface area contributed by atoms with Gasteiger partial charge in [-0.25, -0.2) is 0 Å². The molecular weight excluding hydrogens is 146 g/mol. The summed E-state index contributed by atoms with van der Waals surface area (Å²) in [5.41, 5.74) is 1.90. The maximum Gasteiger partial charge on any atom is 0.00557 e. The van der Waals surface area contributed by atoms with Gasteiger partial charge in [-0.05, 0) is 30.3 Å². The van der Waals surface area contributed by atoms with Crippen LogP contribution in [-0.4, -0.2) is 19.0 Å². The minimum Gasteiger partial charge on any atom is -0.383 e. The van der Waals surface area contributed by atoms with Crippen molar-refractivity contribution in [3.8, 4) is 0 Å². The third-order valence-corrected chi connectivity index (χ3v) is 2.76. The molecular formula is C11H19N. The summed E-state index contributed by atoms with van der Waals surface area (Å²) in [6.07, 6.45) is 8.14. The molecule has 1 saturated carbocycles. The van der Waals surface area contributed by atoms with Gasteiger partial charge in [-0.1, -0.05) is 19.6 Å². The first-order chi connectivity index (χ1) is 5.64. The molecule has 0 aliphatic heterocycles. The standard InChI is InChI=1S/C11H19N/c1-5-10(9-12(3)4)11(6-2)7-8-11/h5,9H,1,6-8H2,2-4H3/b10-9+. The van der Waals surface area contributed by atoms with Crippen molar-refractivity contribution in [3.63, 3.8) is 0 Å². The van der Waals surface area contributed by atoms with Gasteiger partial charge >= 0.3 is 0 Å². The Kier molecular flexibility index (Phi) is 2.61. The summed E-state index contributed by atoms with van der Waals surface area (Å²) in [5.74, 6) is 0. The van der Waals surface area contributed by atoms with Gasteiger partial charge in [0, 0.05) is 20.3 Å². The van der Waals surface area contributed by atoms with Crippen LogP contribution in [0.25, 0.3) is 0 Å². The fourth-order valence-electron chi connectivity index (χ4n) is 1.68. The summed E-state index contributed by atoms with van der Waals surface area (Å²) >= 11 is 0. The molecule has 0 atom stereocenters. The molecule has 0 aromatic heterocycles. The van der Waals surface area contributed by atoms with Crippen molar-refractivity contribution in [2.45, 2.75) is 26.2 Å². The molecule has 0 amide bonds. The van der Waals surface area contributed by atoms with Gasteiger partial charge in [0.25, 0.3) is 0 Å². The number of hydrogen-bond donors (Lipinski definition) is 0. The molecule has 1 aliphatic carbocycles. The summed E-state index contributed by atoms with van der Waals surface area (Å²) in [5, 5.41) is 0. The van der Waals surface area contributed by atoms with E-state index < -0.39 is 0 Å². The average molecular weight is 165 g/mol. The van der Waals surface area contributed by atoms with Crippen LogP contribution < -0.4 is 0 Å². The molecule has 1 nitrogen and oxygen atoms in total. The van der Waals surface area contributed by atoms with Crippen molar-refractivity contribution >= 4 is 0 Å². The molecule has 0 N–H and O–H groups in total. The van der Waals surface area contributed by atoms with Gasteiger partial charge in [0.05, 0.1) is 0 Å². The highest BCUT2D eigenvalue weighted by Gasteiger charge is 2.42. The lowest BCUT2D eigenvalue weighted by molar-refractivity contribution is 0.525. The molecule has 1 rings (SSSR count). The van der Waals surface area contributed by atoms with Gasteiger partial charge in [0.1, 0.15) is 0 Å². The Morgan fingerprint density at radius 2 is 2.08 bits per heavy atom. The maximum absolute atomic E-state index is 3.87. The van der Waals surface area contributed by atoms with Crippen LogP contribution in [0.3, 0.4) is 0 Å². The lowest BCUT2D eigenvalue weighted by Crippen LogP contribution is -2.08. The summed E-state index contributed by atoms with van der Waals surface area (Å²) in [4.78, 5) is 2.10. The molecule has 1 heteroatoms. The molecule has 0 aromatic rings. The predicted molar refractivity (Wildman–Crippen MR) is 53.9 cm³/mol. The monoisotopic (exact) mass is 165 g/mol. The first kappa shape index (κ1) is 9.37. The Labute approximate surface area is 75.8 Å². The Balaban J connectivity index is 2.75. The van der Waals surface area contributed by atoms with Gasteiger partial charge in [0.2, 0.25) is 0 Å². The molecule has 1 aliphatic rings. The quantitative estimate of drug-likeness (QED) is 0.579. The predicted octanol–water partition coefficient (Wildman–Crippen LogP) is 2.81. The smallest absolute Gasteiger partial charge is 0.00557 e. The van der Waals surface area contributed by atoms with E-state index in [1.807, 2.05) is 6.08 Å². The van der Waals surface area contributed by atoms with E-state index in [2.05, 4.69) is 38.7 Å². The van der Waals surface area contributed by atoms with Crippen LogP contribution >= 0.6 is 0 Å². The van der Waals surface area contributed by atoms with E-state index in [-0.39, 0.29) is 0 Å². The summed E-state index contributed by atoms with van der Waals surface area (Å²) in [7, 11) is 4.13. The topological polar surface area (TPSA) is 3.24 Å². The van der Waals surface area contributed by atoms with Gasteiger partial charge in [-0.2, -0.15) is 0 Å². The zero-order chi connectivity index (χ0) is 9.19. The van der Waals surface area contributed by atoms with Crippen LogP contribution in [0.15, 0.2) is 24.4 Å². The first-order valence-electron chi connectivity index (χ1n) is 4.66. The highest BCUT2D eigenvalue weighted by Crippen LogP contribution is 2.54. The molecule has 0 spiro atoms. The minimum atomic E-state index is 0.492. The highest BCUT2D eigenvalue weighted by atomic mass is 15.0. The van der Waals surface area contributed by atoms with E-state index >= 15 is 0 Å². The molecule has 0 heterocycles. The van der Waals surface area contributed by atoms with Crippen LogP contribution in [0.5, 0.6) is 0 Å². The molecule has 0 aromatic carbocycles. The van der Waals surface area contributed by atoms with Gasteiger partial charge in [-0.15, -0.1) is 0 Å². The van der Waals surface area contributed by atoms with Gasteiger partial charge in [0.15, 0.2) is 0 Å². The lowest BCUT2D eigenvalue weighted by atomic mass is 9.93. The minimum absolute atomic E-state index is 0.492. The number of allylic oxidation sites excluding steroid dienone is 2. The second-order valence-corrected chi connectivity index (χ2v) is 3.89. The van der Waals surface area contributed by atoms with E-state index in [9.17, 15) is 0 Å². The van der Waals surface area contributed by atoms with Crippen LogP contribution in [-0.2, 0) is 0 Å². The fourth-order valence-corrected chi connectivity index (χ4v) is 1.68. The summed E-state index contributed by atoms with van der Waals surface area (Å²) in [6, 6.07) is 0. The molecule has 0 unspecified atom stereocenters. The molecule has 68 valence electrons. The second-order valence-electron chi connectivity index (χ2n) is 3.89. The van der Waals surface area contributed by atoms with Crippen LogP contribution in [0.2, 0.25) is 0 Å². The van der Waals surface area contributed by atoms with Gasteiger partial charge in [-0.3, -0.25) is 0 Å². The Bertz CT molecular complexity index is 197. The average Bonchev–Trinajstić information content (AvgIpc) is 2.80. The van der Waals surface area contributed by atoms with E-state index in [4.69, 9.17) is 0 Å². The normalized spacial score (nSPS) is 20.4. The van der Waals surface area contributed by atoms with Crippen molar-refractivity contribution in [3.05, 3.63) is 24.4 Å². The second kappa shape index (κ2) is 3.34. The first-order valence-corrected chi connectivity index (χ1v) is 4.66. The van der Waals surface area contributed by atoms with Crippen molar-refractivity contribution in [1.29, 1.82) is 0 Å². The van der Waals surface area contributed by atoms with E-state index in [1.165, 1.54) is 24.8 Å². The van der Waals surface area contributed by atoms with E-state index in [1.54, 1.807) is 0 Å². The van der Waals surface area contributed by atoms with E-state index in [0.29, 0.717) is 5.41 Å². The third-order valence-electron chi connectivity index (χ3n) is 2.76. The maximum atomic E-state index is 3.87. The highest BCUT2D eigenvalue weighted by molar-refractivity contribution is 5.30. The Morgan fingerprint density at radius 1 is 1.50 bits per heavy atom. The molecule has 12 heavy (non-hydrogen) atoms. The number of rotatable bonds is 4. The summed E-state index contributed by atoms with van der Waals surface area (Å²) < 4.78 is 0. The lowest BCUT2D eigenvalue weighted by Gasteiger charge is -2.16. The van der Waals surface area contributed by atoms with Crippen molar-refractivity contribution < 1.29 is 0 Å². The van der Waals surface area contributed by atoms with Crippen LogP contribution in [0.1, 0.15) is 26.2 Å². The van der Waals surface area contributed by atoms with Crippen LogP contribution in [0.4, 0.5) is 0 Å². The molecule has 1 fully saturated rings. The largest absolute Gasteiger partial charge is 0.383 e. The number of nitrogens with zero attached hydrogens (tertiary/aromatic N) is 1. The SMILES string of the molecule is C=C/C(=C\N(C)C)C1(CC)CC1. The number of hydrogen-bond acceptors (Lipinski definition) is 1. The fraction of sp³-hybridized carbons (Fsp3) is 0.636. The molecule has 0 radical (unpaired) electrons. The van der Waals surface area contributed by atoms with E-state index in [0.717, 1.165) is 0 Å². The van der Waals surface area contributed by atoms with Gasteiger partial charge < -0.3 is 4.90 Å². The third kappa shape index (κ3) is 1.71. The molecule has 0 bridgehead atoms. The summed E-state index contributed by atoms with van der Waals surface area (Å²) in [6.45, 7) is 6.14. The Hall–Kier alpha value is -0.720.